The number of nitrogens with zero attached hydrogens (tertiary/aromatic N) is 2. The Kier molecular flexibility index (Phi) is 8.86. The molecule has 1 aliphatic rings. The topological polar surface area (TPSA) is 95.1 Å². The van der Waals surface area contributed by atoms with E-state index in [4.69, 9.17) is 9.47 Å². The quantitative estimate of drug-likeness (QED) is 0.167. The van der Waals surface area contributed by atoms with Crippen LogP contribution in [0.5, 0.6) is 11.5 Å². The molecule has 37 heavy (non-hydrogen) atoms. The van der Waals surface area contributed by atoms with E-state index in [9.17, 15) is 15.3 Å². The summed E-state index contributed by atoms with van der Waals surface area (Å²) in [6, 6.07) is 16.0. The molecule has 1 aromatic heterocycles. The Labute approximate surface area is 234 Å². The monoisotopic (exact) mass is 623 g/mol. The van der Waals surface area contributed by atoms with Gasteiger partial charge in [0.25, 0.3) is 5.91 Å². The number of hydrogen-bond donors (Lipinski definition) is 1. The van der Waals surface area contributed by atoms with Gasteiger partial charge in [-0.1, -0.05) is 29.8 Å². The molecule has 0 unspecified atom stereocenters. The first-order chi connectivity index (χ1) is 17.9. The van der Waals surface area contributed by atoms with Crippen LogP contribution in [0.3, 0.4) is 0 Å². The van der Waals surface area contributed by atoms with Crippen molar-refractivity contribution in [3.8, 4) is 23.6 Å². The Bertz CT molecular complexity index is 1430. The third-order valence-corrected chi connectivity index (χ3v) is 8.03. The lowest BCUT2D eigenvalue weighted by Gasteiger charge is -2.15. The summed E-state index contributed by atoms with van der Waals surface area (Å²) in [6.45, 7) is 4.76. The molecule has 0 fully saturated rings. The van der Waals surface area contributed by atoms with Crippen LogP contribution in [-0.4, -0.2) is 12.5 Å². The van der Waals surface area contributed by atoms with Crippen molar-refractivity contribution in [3.63, 3.8) is 0 Å². The van der Waals surface area contributed by atoms with Crippen LogP contribution in [0.25, 0.3) is 6.08 Å². The molecule has 6 nitrogen and oxygen atoms in total. The van der Waals surface area contributed by atoms with Crippen LogP contribution in [0.2, 0.25) is 0 Å². The third kappa shape index (κ3) is 6.33. The number of amides is 1. The van der Waals surface area contributed by atoms with E-state index in [1.165, 1.54) is 23.0 Å². The average molecular weight is 624 g/mol. The Balaban J connectivity index is 1.57. The summed E-state index contributed by atoms with van der Waals surface area (Å²) < 4.78 is 12.7. The van der Waals surface area contributed by atoms with E-state index in [1.807, 2.05) is 50.2 Å². The second-order valence-corrected chi connectivity index (χ2v) is 11.0. The number of carbonyl (C=O) groups is 1. The zero-order valence-corrected chi connectivity index (χ0v) is 23.7. The van der Waals surface area contributed by atoms with Crippen LogP contribution >= 0.6 is 33.9 Å². The minimum atomic E-state index is -0.537. The van der Waals surface area contributed by atoms with Gasteiger partial charge in [0.2, 0.25) is 0 Å². The van der Waals surface area contributed by atoms with Crippen LogP contribution in [0.15, 0.2) is 42.0 Å². The van der Waals surface area contributed by atoms with E-state index in [0.29, 0.717) is 40.8 Å². The second-order valence-electron chi connectivity index (χ2n) is 8.69. The van der Waals surface area contributed by atoms with Crippen molar-refractivity contribution in [2.45, 2.75) is 46.1 Å². The number of aryl methyl sites for hydroxylation is 2. The number of benzene rings is 2. The van der Waals surface area contributed by atoms with Gasteiger partial charge in [0.1, 0.15) is 29.3 Å². The number of nitrogens with one attached hydrogen (secondary N) is 1. The van der Waals surface area contributed by atoms with Crippen LogP contribution in [0, 0.1) is 33.2 Å². The number of rotatable bonds is 8. The maximum atomic E-state index is 13.0. The van der Waals surface area contributed by atoms with E-state index < -0.39 is 5.91 Å². The van der Waals surface area contributed by atoms with Crippen molar-refractivity contribution in [3.05, 3.63) is 78.2 Å². The largest absolute Gasteiger partial charge is 0.490 e. The third-order valence-electron chi connectivity index (χ3n) is 6.02. The standard InChI is InChI=1S/C29H26IN3O3S/c1-3-35-25-14-20(13-24(30)27(25)36-17-19-10-8-18(2)9-11-19)12-21(15-31)28(34)33-29-23(16-32)22-6-4-5-7-26(22)37-29/h8-14H,3-7,17H2,1-2H3,(H,33,34)/b21-12+. The summed E-state index contributed by atoms with van der Waals surface area (Å²) in [5.41, 5.74) is 4.38. The van der Waals surface area contributed by atoms with Crippen LogP contribution in [0.4, 0.5) is 5.00 Å². The minimum Gasteiger partial charge on any atom is -0.490 e. The SMILES string of the molecule is CCOc1cc(/C=C(\C#N)C(=O)Nc2sc3c(c2C#N)CCCC3)cc(I)c1OCc1ccc(C)cc1. The number of fused-ring (bicyclic) bond motifs is 1. The molecular weight excluding hydrogens is 597 g/mol. The average Bonchev–Trinajstić information content (AvgIpc) is 3.24. The van der Waals surface area contributed by atoms with Crippen LogP contribution in [0.1, 0.15) is 52.5 Å². The highest BCUT2D eigenvalue weighted by molar-refractivity contribution is 14.1. The molecule has 0 saturated carbocycles. The molecule has 8 heteroatoms. The molecule has 188 valence electrons. The van der Waals surface area contributed by atoms with Gasteiger partial charge in [-0.15, -0.1) is 11.3 Å². The van der Waals surface area contributed by atoms with Crippen molar-refractivity contribution in [2.75, 3.05) is 11.9 Å². The summed E-state index contributed by atoms with van der Waals surface area (Å²) in [4.78, 5) is 14.2. The maximum absolute atomic E-state index is 13.0. The predicted octanol–water partition coefficient (Wildman–Crippen LogP) is 6.93. The van der Waals surface area contributed by atoms with E-state index in [-0.39, 0.29) is 5.57 Å². The van der Waals surface area contributed by atoms with Crippen molar-refractivity contribution < 1.29 is 14.3 Å². The number of ether oxygens (including phenoxy) is 2. The fourth-order valence-electron chi connectivity index (χ4n) is 4.17. The number of halogens is 1. The van der Waals surface area contributed by atoms with E-state index in [2.05, 4.69) is 34.0 Å². The summed E-state index contributed by atoms with van der Waals surface area (Å²) in [5, 5.41) is 22.7. The van der Waals surface area contributed by atoms with Gasteiger partial charge in [-0.05, 0) is 97.0 Å². The van der Waals surface area contributed by atoms with Crippen molar-refractivity contribution in [1.82, 2.24) is 0 Å². The molecule has 1 amide bonds. The second kappa shape index (κ2) is 12.3. The highest BCUT2D eigenvalue weighted by Crippen LogP contribution is 2.38. The first-order valence-corrected chi connectivity index (χ1v) is 14.0. The van der Waals surface area contributed by atoms with Gasteiger partial charge in [0, 0.05) is 4.88 Å². The van der Waals surface area contributed by atoms with E-state index in [0.717, 1.165) is 45.3 Å². The Morgan fingerprint density at radius 2 is 1.92 bits per heavy atom. The molecule has 1 aliphatic carbocycles. The van der Waals surface area contributed by atoms with E-state index in [1.54, 1.807) is 6.07 Å². The highest BCUT2D eigenvalue weighted by Gasteiger charge is 2.23. The molecule has 3 aromatic rings. The van der Waals surface area contributed by atoms with Crippen molar-refractivity contribution >= 4 is 50.9 Å². The van der Waals surface area contributed by atoms with Gasteiger partial charge in [-0.3, -0.25) is 4.79 Å². The lowest BCUT2D eigenvalue weighted by Crippen LogP contribution is -2.13. The van der Waals surface area contributed by atoms with Crippen molar-refractivity contribution in [1.29, 1.82) is 10.5 Å². The van der Waals surface area contributed by atoms with Gasteiger partial charge in [0.05, 0.1) is 15.7 Å². The Morgan fingerprint density at radius 3 is 2.62 bits per heavy atom. The fraction of sp³-hybridized carbons (Fsp3) is 0.276. The van der Waals surface area contributed by atoms with Gasteiger partial charge < -0.3 is 14.8 Å². The molecule has 1 heterocycles. The number of hydrogen-bond acceptors (Lipinski definition) is 6. The first kappa shape index (κ1) is 26.7. The number of nitriles is 2. The number of thiophene rings is 1. The molecule has 0 saturated heterocycles. The number of carbonyl (C=O) groups excluding carboxylic acids is 1. The van der Waals surface area contributed by atoms with Crippen LogP contribution in [-0.2, 0) is 24.2 Å². The summed E-state index contributed by atoms with van der Waals surface area (Å²) in [6.07, 6.45) is 5.43. The van der Waals surface area contributed by atoms with Crippen LogP contribution < -0.4 is 14.8 Å². The van der Waals surface area contributed by atoms with Gasteiger partial charge in [-0.25, -0.2) is 0 Å². The molecule has 0 atom stereocenters. The normalized spacial score (nSPS) is 12.7. The lowest BCUT2D eigenvalue weighted by atomic mass is 9.96. The van der Waals surface area contributed by atoms with E-state index >= 15 is 0 Å². The molecule has 0 radical (unpaired) electrons. The summed E-state index contributed by atoms with van der Waals surface area (Å²) in [7, 11) is 0. The first-order valence-electron chi connectivity index (χ1n) is 12.1. The molecule has 0 spiro atoms. The lowest BCUT2D eigenvalue weighted by molar-refractivity contribution is -0.112. The van der Waals surface area contributed by atoms with Gasteiger partial charge in [0.15, 0.2) is 11.5 Å². The maximum Gasteiger partial charge on any atom is 0.266 e. The summed E-state index contributed by atoms with van der Waals surface area (Å²) in [5.74, 6) is 0.624. The summed E-state index contributed by atoms with van der Waals surface area (Å²) >= 11 is 3.61. The number of anilines is 1. The molecule has 1 N–H and O–H groups in total. The molecule has 0 bridgehead atoms. The Hall–Kier alpha value is -3.34. The predicted molar refractivity (Wildman–Crippen MR) is 154 cm³/mol. The minimum absolute atomic E-state index is 0.0539. The van der Waals surface area contributed by atoms with Gasteiger partial charge >= 0.3 is 0 Å². The smallest absolute Gasteiger partial charge is 0.266 e. The highest BCUT2D eigenvalue weighted by atomic mass is 127. The van der Waals surface area contributed by atoms with Crippen molar-refractivity contribution in [2.24, 2.45) is 0 Å². The van der Waals surface area contributed by atoms with Gasteiger partial charge in [-0.2, -0.15) is 10.5 Å². The molecule has 2 aromatic carbocycles. The molecule has 0 aliphatic heterocycles. The molecule has 4 rings (SSSR count). The zero-order chi connectivity index (χ0) is 26.4. The Morgan fingerprint density at radius 1 is 1.16 bits per heavy atom. The fourth-order valence-corrected chi connectivity index (χ4v) is 6.19. The molecular formula is C29H26IN3O3S. The zero-order valence-electron chi connectivity index (χ0n) is 20.7.